The van der Waals surface area contributed by atoms with Crippen LogP contribution in [-0.2, 0) is 12.8 Å². The van der Waals surface area contributed by atoms with Crippen molar-refractivity contribution in [2.75, 3.05) is 0 Å². The molecule has 0 fully saturated rings. The van der Waals surface area contributed by atoms with Crippen molar-refractivity contribution >= 4 is 33.3 Å². The molecular weight excluding hydrogens is 265 g/mol. The number of hydrogen-bond acceptors (Lipinski definition) is 4. The lowest BCUT2D eigenvalue weighted by atomic mass is 10.4. The van der Waals surface area contributed by atoms with Crippen molar-refractivity contribution in [3.8, 4) is 0 Å². The molecule has 0 saturated carbocycles. The molecule has 1 N–H and O–H groups in total. The highest BCUT2D eigenvalue weighted by Crippen LogP contribution is 2.34. The Balaban J connectivity index is 2.66. The highest BCUT2D eigenvalue weighted by molar-refractivity contribution is 7.18. The molecular formula is C8H4ClF3N2OS. The average molecular weight is 269 g/mol. The summed E-state index contributed by atoms with van der Waals surface area (Å²) in [6.07, 6.45) is -4.62. The Labute approximate surface area is 96.5 Å². The molecule has 0 amide bonds. The van der Waals surface area contributed by atoms with E-state index in [-0.39, 0.29) is 17.0 Å². The lowest BCUT2D eigenvalue weighted by Gasteiger charge is -2.06. The van der Waals surface area contributed by atoms with Gasteiger partial charge in [0.05, 0.1) is 6.61 Å². The molecule has 2 rings (SSSR count). The van der Waals surface area contributed by atoms with Gasteiger partial charge in [0.25, 0.3) is 0 Å². The van der Waals surface area contributed by atoms with Gasteiger partial charge in [-0.05, 0) is 6.07 Å². The number of nitrogens with zero attached hydrogens (tertiary/aromatic N) is 2. The standard InChI is InChI=1S/C8H4ClF3N2OS/c9-6-5(8(10,11)12)14-7-4(13-6)1-3(2-15)16-7/h1,15H,2H2. The predicted molar refractivity (Wildman–Crippen MR) is 53.3 cm³/mol. The topological polar surface area (TPSA) is 46.0 Å². The third kappa shape index (κ3) is 1.98. The van der Waals surface area contributed by atoms with Crippen LogP contribution in [0, 0.1) is 0 Å². The summed E-state index contributed by atoms with van der Waals surface area (Å²) in [4.78, 5) is 7.60. The van der Waals surface area contributed by atoms with E-state index >= 15 is 0 Å². The second-order valence-electron chi connectivity index (χ2n) is 2.92. The molecule has 0 unspecified atom stereocenters. The first-order valence-electron chi connectivity index (χ1n) is 4.06. The van der Waals surface area contributed by atoms with Crippen molar-refractivity contribution in [2.45, 2.75) is 12.8 Å². The first-order valence-corrected chi connectivity index (χ1v) is 5.25. The third-order valence-corrected chi connectivity index (χ3v) is 3.06. The summed E-state index contributed by atoms with van der Waals surface area (Å²) in [5.74, 6) is 0. The molecule has 0 radical (unpaired) electrons. The van der Waals surface area contributed by atoms with E-state index in [1.807, 2.05) is 0 Å². The molecule has 0 atom stereocenters. The second kappa shape index (κ2) is 3.83. The Morgan fingerprint density at radius 2 is 2.06 bits per heavy atom. The Morgan fingerprint density at radius 1 is 1.38 bits per heavy atom. The maximum Gasteiger partial charge on any atom is 0.436 e. The van der Waals surface area contributed by atoms with Crippen molar-refractivity contribution in [1.29, 1.82) is 0 Å². The minimum atomic E-state index is -4.62. The van der Waals surface area contributed by atoms with Crippen LogP contribution in [0.4, 0.5) is 13.2 Å². The summed E-state index contributed by atoms with van der Waals surface area (Å²) in [7, 11) is 0. The Bertz CT molecular complexity index is 540. The Hall–Kier alpha value is -0.920. The van der Waals surface area contributed by atoms with Gasteiger partial charge in [-0.15, -0.1) is 11.3 Å². The summed E-state index contributed by atoms with van der Waals surface area (Å²) < 4.78 is 37.3. The van der Waals surface area contributed by atoms with Gasteiger partial charge >= 0.3 is 6.18 Å². The SMILES string of the molecule is OCc1cc2nc(Cl)c(C(F)(F)F)nc2s1. The van der Waals surface area contributed by atoms with Gasteiger partial charge in [0.15, 0.2) is 10.8 Å². The van der Waals surface area contributed by atoms with E-state index in [0.29, 0.717) is 4.88 Å². The van der Waals surface area contributed by atoms with E-state index < -0.39 is 17.0 Å². The first kappa shape index (κ1) is 11.6. The van der Waals surface area contributed by atoms with Crippen LogP contribution in [0.2, 0.25) is 5.15 Å². The zero-order valence-electron chi connectivity index (χ0n) is 7.55. The summed E-state index contributed by atoms with van der Waals surface area (Å²) >= 11 is 6.34. The van der Waals surface area contributed by atoms with Crippen LogP contribution in [0.3, 0.4) is 0 Å². The van der Waals surface area contributed by atoms with Crippen molar-refractivity contribution in [2.24, 2.45) is 0 Å². The largest absolute Gasteiger partial charge is 0.436 e. The van der Waals surface area contributed by atoms with E-state index in [1.54, 1.807) is 0 Å². The van der Waals surface area contributed by atoms with Gasteiger partial charge in [-0.2, -0.15) is 13.2 Å². The normalized spacial score (nSPS) is 12.3. The van der Waals surface area contributed by atoms with Crippen molar-refractivity contribution < 1.29 is 18.3 Å². The van der Waals surface area contributed by atoms with Crippen LogP contribution in [0.5, 0.6) is 0 Å². The minimum absolute atomic E-state index is 0.112. The average Bonchev–Trinajstić information content (AvgIpc) is 2.56. The molecule has 0 aromatic carbocycles. The number of thiophene rings is 1. The maximum atomic E-state index is 12.4. The van der Waals surface area contributed by atoms with E-state index in [2.05, 4.69) is 9.97 Å². The number of hydrogen-bond donors (Lipinski definition) is 1. The monoisotopic (exact) mass is 268 g/mol. The molecule has 3 nitrogen and oxygen atoms in total. The zero-order chi connectivity index (χ0) is 11.9. The van der Waals surface area contributed by atoms with Crippen molar-refractivity contribution in [3.05, 3.63) is 21.8 Å². The molecule has 2 heterocycles. The van der Waals surface area contributed by atoms with Gasteiger partial charge in [0, 0.05) is 4.88 Å². The van der Waals surface area contributed by atoms with E-state index in [0.717, 1.165) is 11.3 Å². The number of halogens is 4. The Kier molecular flexibility index (Phi) is 2.77. The fourth-order valence-corrected chi connectivity index (χ4v) is 2.21. The molecule has 0 aliphatic carbocycles. The van der Waals surface area contributed by atoms with E-state index in [9.17, 15) is 13.2 Å². The molecule has 8 heteroatoms. The summed E-state index contributed by atoms with van der Waals surface area (Å²) in [6, 6.07) is 1.46. The highest BCUT2D eigenvalue weighted by atomic mass is 35.5. The number of fused-ring (bicyclic) bond motifs is 1. The number of aliphatic hydroxyl groups excluding tert-OH is 1. The molecule has 0 saturated heterocycles. The number of rotatable bonds is 1. The van der Waals surface area contributed by atoms with Gasteiger partial charge in [0.2, 0.25) is 0 Å². The molecule has 2 aromatic heterocycles. The van der Waals surface area contributed by atoms with Crippen molar-refractivity contribution in [3.63, 3.8) is 0 Å². The third-order valence-electron chi connectivity index (χ3n) is 1.80. The predicted octanol–water partition coefficient (Wildman–Crippen LogP) is 2.86. The van der Waals surface area contributed by atoms with E-state index in [1.165, 1.54) is 6.07 Å². The Morgan fingerprint density at radius 3 is 2.62 bits per heavy atom. The van der Waals surface area contributed by atoms with Crippen LogP contribution in [0.25, 0.3) is 10.3 Å². The summed E-state index contributed by atoms with van der Waals surface area (Å²) in [5, 5.41) is 8.16. The lowest BCUT2D eigenvalue weighted by molar-refractivity contribution is -0.141. The number of alkyl halides is 3. The van der Waals surface area contributed by atoms with Crippen LogP contribution >= 0.6 is 22.9 Å². The lowest BCUT2D eigenvalue weighted by Crippen LogP contribution is -2.09. The molecule has 0 bridgehead atoms. The van der Waals surface area contributed by atoms with Gasteiger partial charge in [-0.3, -0.25) is 0 Å². The van der Waals surface area contributed by atoms with E-state index in [4.69, 9.17) is 16.7 Å². The van der Waals surface area contributed by atoms with Gasteiger partial charge in [-0.25, -0.2) is 9.97 Å². The van der Waals surface area contributed by atoms with Crippen molar-refractivity contribution in [1.82, 2.24) is 9.97 Å². The molecule has 0 aliphatic heterocycles. The highest BCUT2D eigenvalue weighted by Gasteiger charge is 2.36. The van der Waals surface area contributed by atoms with Crippen LogP contribution in [0.15, 0.2) is 6.07 Å². The first-order chi connectivity index (χ1) is 7.41. The molecule has 0 spiro atoms. The maximum absolute atomic E-state index is 12.4. The zero-order valence-corrected chi connectivity index (χ0v) is 9.12. The number of aliphatic hydroxyl groups is 1. The van der Waals surface area contributed by atoms with Gasteiger partial charge in [-0.1, -0.05) is 11.6 Å². The fraction of sp³-hybridized carbons (Fsp3) is 0.250. The smallest absolute Gasteiger partial charge is 0.391 e. The molecule has 2 aromatic rings. The van der Waals surface area contributed by atoms with Gasteiger partial charge < -0.3 is 5.11 Å². The molecule has 0 aliphatic rings. The fourth-order valence-electron chi connectivity index (χ4n) is 1.14. The summed E-state index contributed by atoms with van der Waals surface area (Å²) in [6.45, 7) is -0.262. The molecule has 86 valence electrons. The second-order valence-corrected chi connectivity index (χ2v) is 4.40. The molecule has 16 heavy (non-hydrogen) atoms. The number of aromatic nitrogens is 2. The van der Waals surface area contributed by atoms with Gasteiger partial charge in [0.1, 0.15) is 10.3 Å². The van der Waals surface area contributed by atoms with Crippen LogP contribution in [-0.4, -0.2) is 15.1 Å². The van der Waals surface area contributed by atoms with Crippen LogP contribution in [0.1, 0.15) is 10.6 Å². The minimum Gasteiger partial charge on any atom is -0.391 e. The van der Waals surface area contributed by atoms with Crippen LogP contribution < -0.4 is 0 Å². The quantitative estimate of drug-likeness (QED) is 0.865. The summed E-state index contributed by atoms with van der Waals surface area (Å²) in [5.41, 5.74) is -0.944.